The Morgan fingerprint density at radius 3 is 2.64 bits per heavy atom. The van der Waals surface area contributed by atoms with Crippen molar-refractivity contribution < 1.29 is 22.8 Å². The van der Waals surface area contributed by atoms with Crippen LogP contribution in [0.1, 0.15) is 43.4 Å². The number of alkyl halides is 3. The average molecular weight is 609 g/mol. The van der Waals surface area contributed by atoms with Gasteiger partial charge in [0, 0.05) is 34.7 Å². The third kappa shape index (κ3) is 4.28. The molecule has 0 saturated heterocycles. The van der Waals surface area contributed by atoms with Crippen molar-refractivity contribution in [2.75, 3.05) is 10.2 Å². The van der Waals surface area contributed by atoms with Crippen LogP contribution < -0.4 is 16.0 Å². The largest absolute Gasteiger partial charge is 0.416 e. The molecule has 2 aromatic carbocycles. The highest BCUT2D eigenvalue weighted by atomic mass is 32.2. The molecule has 1 aromatic heterocycles. The molecule has 3 aromatic rings. The minimum absolute atomic E-state index is 0.0285. The highest BCUT2D eigenvalue weighted by Gasteiger charge is 2.61. The molecule has 0 radical (unpaired) electrons. The second kappa shape index (κ2) is 9.71. The first-order chi connectivity index (χ1) is 19.9. The third-order valence-electron chi connectivity index (χ3n) is 7.60. The molecule has 3 aliphatic rings. The van der Waals surface area contributed by atoms with E-state index in [1.165, 1.54) is 22.7 Å². The van der Waals surface area contributed by atoms with Crippen LogP contribution in [0.4, 0.5) is 24.0 Å². The Morgan fingerprint density at radius 1 is 1.14 bits per heavy atom. The first-order valence-corrected chi connectivity index (χ1v) is 14.7. The van der Waals surface area contributed by atoms with Gasteiger partial charge in [0.05, 0.1) is 11.1 Å². The van der Waals surface area contributed by atoms with E-state index >= 15 is 0 Å². The summed E-state index contributed by atoms with van der Waals surface area (Å²) in [5.74, 6) is -0.591. The van der Waals surface area contributed by atoms with Gasteiger partial charge in [0.1, 0.15) is 17.3 Å². The summed E-state index contributed by atoms with van der Waals surface area (Å²) < 4.78 is 39.9. The number of nitrogens with one attached hydrogen (secondary N) is 1. The number of fused-ring (bicyclic) bond motifs is 3. The number of hydrogen-bond donors (Lipinski definition) is 2. The van der Waals surface area contributed by atoms with E-state index in [4.69, 9.17) is 5.73 Å². The predicted octanol–water partition coefficient (Wildman–Crippen LogP) is 5.90. The summed E-state index contributed by atoms with van der Waals surface area (Å²) in [5.41, 5.74) is 5.85. The smallest absolute Gasteiger partial charge is 0.384 e. The molecule has 8 nitrogen and oxygen atoms in total. The summed E-state index contributed by atoms with van der Waals surface area (Å²) in [4.78, 5) is 29.2. The monoisotopic (exact) mass is 608 g/mol. The van der Waals surface area contributed by atoms with E-state index in [0.717, 1.165) is 23.5 Å². The molecule has 1 aliphatic carbocycles. The number of carbonyl (C=O) groups excluding carboxylic acids is 2. The number of ketones is 1. The first-order valence-electron chi connectivity index (χ1n) is 12.9. The van der Waals surface area contributed by atoms with Crippen molar-refractivity contribution in [1.82, 2.24) is 10.2 Å². The van der Waals surface area contributed by atoms with Gasteiger partial charge >= 0.3 is 6.18 Å². The molecule has 1 atom stereocenters. The molecular formula is C29H23F3N6O2S2. The fourth-order valence-corrected chi connectivity index (χ4v) is 7.75. The third-order valence-corrected chi connectivity index (χ3v) is 9.72. The van der Waals surface area contributed by atoms with Crippen molar-refractivity contribution in [2.24, 2.45) is 11.1 Å². The van der Waals surface area contributed by atoms with Gasteiger partial charge in [-0.3, -0.25) is 14.5 Å². The fraction of sp³-hybridized carbons (Fsp3) is 0.276. The van der Waals surface area contributed by atoms with Crippen molar-refractivity contribution in [2.45, 2.75) is 48.4 Å². The van der Waals surface area contributed by atoms with Crippen LogP contribution in [0.15, 0.2) is 75.5 Å². The van der Waals surface area contributed by atoms with E-state index in [1.54, 1.807) is 30.3 Å². The van der Waals surface area contributed by atoms with Crippen LogP contribution in [0, 0.1) is 16.7 Å². The Kier molecular flexibility index (Phi) is 6.47. The van der Waals surface area contributed by atoms with Gasteiger partial charge < -0.3 is 11.1 Å². The Labute approximate surface area is 247 Å². The lowest BCUT2D eigenvalue weighted by Gasteiger charge is -2.45. The molecule has 1 amide bonds. The highest BCUT2D eigenvalue weighted by Crippen LogP contribution is 2.57. The topological polar surface area (TPSA) is 125 Å². The molecule has 0 bridgehead atoms. The van der Waals surface area contributed by atoms with E-state index in [2.05, 4.69) is 21.6 Å². The number of halogens is 3. The molecule has 0 saturated carbocycles. The molecule has 2 aliphatic heterocycles. The number of anilines is 2. The van der Waals surface area contributed by atoms with E-state index in [9.17, 15) is 28.0 Å². The number of benzene rings is 2. The Bertz CT molecular complexity index is 1770. The van der Waals surface area contributed by atoms with E-state index in [1.807, 2.05) is 13.8 Å². The highest BCUT2D eigenvalue weighted by molar-refractivity contribution is 8.00. The van der Waals surface area contributed by atoms with Crippen molar-refractivity contribution in [3.05, 3.63) is 87.9 Å². The quantitative estimate of drug-likeness (QED) is 0.351. The number of Topliss-reactive ketones (excluding diaryl/α,β-unsaturated/α-hetero) is 1. The van der Waals surface area contributed by atoms with Crippen LogP contribution in [0.25, 0.3) is 0 Å². The second-order valence-electron chi connectivity index (χ2n) is 11.1. The van der Waals surface area contributed by atoms with Crippen molar-refractivity contribution >= 4 is 45.6 Å². The number of allylic oxidation sites excluding steroid dienone is 1. The number of nitrogens with two attached hydrogens (primary N) is 1. The lowest BCUT2D eigenvalue weighted by molar-refractivity contribution is -0.137. The summed E-state index contributed by atoms with van der Waals surface area (Å²) in [7, 11) is 0. The zero-order valence-corrected chi connectivity index (χ0v) is 24.0. The number of aromatic nitrogens is 2. The van der Waals surface area contributed by atoms with Gasteiger partial charge in [-0.1, -0.05) is 73.3 Å². The summed E-state index contributed by atoms with van der Waals surface area (Å²) in [6, 6.07) is 14.1. The number of rotatable bonds is 4. The number of nitrogens with zero attached hydrogens (tertiary/aromatic N) is 4. The van der Waals surface area contributed by atoms with Gasteiger partial charge in [-0.2, -0.15) is 18.4 Å². The lowest BCUT2D eigenvalue weighted by Crippen LogP contribution is -2.52. The summed E-state index contributed by atoms with van der Waals surface area (Å²) >= 11 is 2.34. The maximum absolute atomic E-state index is 13.9. The minimum Gasteiger partial charge on any atom is -0.384 e. The Morgan fingerprint density at radius 2 is 1.90 bits per heavy atom. The summed E-state index contributed by atoms with van der Waals surface area (Å²) in [5, 5.41) is 22.1. The average Bonchev–Trinajstić information content (AvgIpc) is 3.49. The van der Waals surface area contributed by atoms with Crippen molar-refractivity contribution in [3.8, 4) is 6.07 Å². The predicted molar refractivity (Wildman–Crippen MR) is 152 cm³/mol. The lowest BCUT2D eigenvalue weighted by atomic mass is 9.61. The zero-order valence-electron chi connectivity index (χ0n) is 22.4. The maximum atomic E-state index is 13.9. The fourth-order valence-electron chi connectivity index (χ4n) is 5.93. The molecule has 3 N–H and O–H groups in total. The van der Waals surface area contributed by atoms with Crippen LogP contribution in [-0.2, 0) is 26.9 Å². The van der Waals surface area contributed by atoms with Crippen molar-refractivity contribution in [3.63, 3.8) is 0 Å². The Balaban J connectivity index is 1.43. The standard InChI is InChI=1S/C29H23F3N6O2S2/c1-27(2)11-20-22(21(39)12-27)28(17-8-3-4-9-19(17)35-24(28)40)18(13-33)23(34)38(20)25-36-37-26(42-25)41-14-15-6-5-7-16(10-15)29(30,31)32/h3-10H,11-12,14,34H2,1-2H3,(H,35,40)/t28-/m1/s1. The molecule has 3 heterocycles. The number of nitriles is 1. The van der Waals surface area contributed by atoms with Gasteiger partial charge in [-0.15, -0.1) is 10.2 Å². The first kappa shape index (κ1) is 28.0. The molecule has 214 valence electrons. The van der Waals surface area contributed by atoms with Gasteiger partial charge in [0.2, 0.25) is 11.0 Å². The number of carbonyl (C=O) groups is 2. The molecule has 13 heteroatoms. The molecular weight excluding hydrogens is 585 g/mol. The number of amides is 1. The van der Waals surface area contributed by atoms with Gasteiger partial charge in [0.15, 0.2) is 10.1 Å². The number of para-hydroxylation sites is 1. The van der Waals surface area contributed by atoms with Gasteiger partial charge in [-0.05, 0) is 29.5 Å². The normalized spacial score (nSPS) is 21.4. The van der Waals surface area contributed by atoms with E-state index in [0.29, 0.717) is 33.3 Å². The molecule has 0 fully saturated rings. The summed E-state index contributed by atoms with van der Waals surface area (Å²) in [6.07, 6.45) is -3.90. The second-order valence-corrected chi connectivity index (χ2v) is 13.2. The van der Waals surface area contributed by atoms with E-state index in [-0.39, 0.29) is 40.1 Å². The zero-order chi connectivity index (χ0) is 30.0. The van der Waals surface area contributed by atoms with Crippen LogP contribution in [0.3, 0.4) is 0 Å². The summed E-state index contributed by atoms with van der Waals surface area (Å²) in [6.45, 7) is 3.89. The minimum atomic E-state index is -4.45. The maximum Gasteiger partial charge on any atom is 0.416 e. The van der Waals surface area contributed by atoms with Gasteiger partial charge in [-0.25, -0.2) is 0 Å². The van der Waals surface area contributed by atoms with Crippen LogP contribution in [0.5, 0.6) is 0 Å². The molecule has 0 unspecified atom stereocenters. The number of thioether (sulfide) groups is 1. The van der Waals surface area contributed by atoms with Gasteiger partial charge in [0.25, 0.3) is 0 Å². The molecule has 1 spiro atoms. The van der Waals surface area contributed by atoms with Crippen molar-refractivity contribution in [1.29, 1.82) is 5.26 Å². The van der Waals surface area contributed by atoms with Crippen LogP contribution in [0.2, 0.25) is 0 Å². The molecule has 42 heavy (non-hydrogen) atoms. The Hall–Kier alpha value is -4.15. The number of hydrogen-bond acceptors (Lipinski definition) is 9. The van der Waals surface area contributed by atoms with Crippen LogP contribution >= 0.6 is 23.1 Å². The van der Waals surface area contributed by atoms with Crippen LogP contribution in [-0.4, -0.2) is 21.9 Å². The SMILES string of the molecule is CC1(C)CC(=O)C2=C(C1)N(c1nnc(SCc3cccc(C(F)(F)F)c3)s1)C(N)=C(C#N)[C@@]21C(=O)Nc2ccccc21. The molecule has 6 rings (SSSR count). The van der Waals surface area contributed by atoms with E-state index < -0.39 is 28.5 Å².